The molecule has 9 nitrogen and oxygen atoms in total. The third-order valence-electron chi connectivity index (χ3n) is 4.15. The zero-order valence-corrected chi connectivity index (χ0v) is 15.9. The van der Waals surface area contributed by atoms with E-state index in [2.05, 4.69) is 44.6 Å². The second-order valence-corrected chi connectivity index (χ2v) is 6.80. The molecule has 0 saturated carbocycles. The number of hydrogen-bond donors (Lipinski definition) is 2. The van der Waals surface area contributed by atoms with Crippen molar-refractivity contribution in [3.63, 3.8) is 0 Å². The van der Waals surface area contributed by atoms with Crippen molar-refractivity contribution in [1.82, 2.24) is 34.8 Å². The van der Waals surface area contributed by atoms with E-state index in [-0.39, 0.29) is 12.1 Å². The zero-order valence-electron chi connectivity index (χ0n) is 15.9. The zero-order chi connectivity index (χ0) is 19.4. The van der Waals surface area contributed by atoms with E-state index in [1.165, 1.54) is 6.33 Å². The van der Waals surface area contributed by atoms with Crippen LogP contribution in [-0.2, 0) is 14.1 Å². The molecule has 0 aliphatic carbocycles. The quantitative estimate of drug-likeness (QED) is 0.696. The molecule has 1 unspecified atom stereocenters. The number of anilines is 1. The molecule has 27 heavy (non-hydrogen) atoms. The van der Waals surface area contributed by atoms with Gasteiger partial charge in [0.25, 0.3) is 0 Å². The van der Waals surface area contributed by atoms with Gasteiger partial charge in [-0.05, 0) is 24.5 Å². The summed E-state index contributed by atoms with van der Waals surface area (Å²) < 4.78 is 3.31. The third-order valence-corrected chi connectivity index (χ3v) is 4.15. The molecule has 0 aliphatic rings. The number of urea groups is 1. The first-order valence-corrected chi connectivity index (χ1v) is 8.80. The Bertz CT molecular complexity index is 899. The molecule has 3 heterocycles. The van der Waals surface area contributed by atoms with Crippen molar-refractivity contribution < 1.29 is 4.79 Å². The van der Waals surface area contributed by atoms with Crippen molar-refractivity contribution in [2.24, 2.45) is 20.0 Å². The van der Waals surface area contributed by atoms with Crippen molar-refractivity contribution in [2.45, 2.75) is 26.3 Å². The molecule has 0 aliphatic heterocycles. The van der Waals surface area contributed by atoms with Crippen LogP contribution in [0.3, 0.4) is 0 Å². The molecule has 2 N–H and O–H groups in total. The van der Waals surface area contributed by atoms with E-state index in [1.807, 2.05) is 25.2 Å². The number of pyridine rings is 1. The van der Waals surface area contributed by atoms with Crippen LogP contribution in [0.15, 0.2) is 36.9 Å². The highest BCUT2D eigenvalue weighted by atomic mass is 16.2. The van der Waals surface area contributed by atoms with E-state index in [0.717, 1.165) is 23.5 Å². The van der Waals surface area contributed by atoms with Crippen LogP contribution >= 0.6 is 0 Å². The summed E-state index contributed by atoms with van der Waals surface area (Å²) in [6.07, 6.45) is 5.69. The van der Waals surface area contributed by atoms with E-state index in [0.29, 0.717) is 11.7 Å². The number of rotatable bonds is 6. The molecule has 0 aromatic carbocycles. The number of amides is 2. The average Bonchev–Trinajstić information content (AvgIpc) is 3.21. The van der Waals surface area contributed by atoms with Gasteiger partial charge in [-0.2, -0.15) is 10.2 Å². The second kappa shape index (κ2) is 7.98. The Morgan fingerprint density at radius 2 is 2.07 bits per heavy atom. The first kappa shape index (κ1) is 18.6. The number of aromatic nitrogens is 6. The summed E-state index contributed by atoms with van der Waals surface area (Å²) in [7, 11) is 3.60. The minimum absolute atomic E-state index is 0.233. The molecule has 0 fully saturated rings. The average molecular weight is 368 g/mol. The molecule has 3 aromatic heterocycles. The molecule has 142 valence electrons. The lowest BCUT2D eigenvalue weighted by molar-refractivity contribution is 0.245. The van der Waals surface area contributed by atoms with E-state index in [9.17, 15) is 4.79 Å². The Morgan fingerprint density at radius 1 is 1.26 bits per heavy atom. The van der Waals surface area contributed by atoms with Crippen molar-refractivity contribution in [1.29, 1.82) is 0 Å². The molecule has 1 atom stereocenters. The van der Waals surface area contributed by atoms with Gasteiger partial charge in [-0.1, -0.05) is 13.8 Å². The topological polar surface area (TPSA) is 103 Å². The fourth-order valence-electron chi connectivity index (χ4n) is 2.87. The molecule has 0 radical (unpaired) electrons. The highest BCUT2D eigenvalue weighted by molar-refractivity contribution is 5.89. The van der Waals surface area contributed by atoms with Crippen LogP contribution in [0.25, 0.3) is 11.3 Å². The summed E-state index contributed by atoms with van der Waals surface area (Å²) in [5.74, 6) is 1.70. The van der Waals surface area contributed by atoms with Gasteiger partial charge in [-0.3, -0.25) is 19.7 Å². The van der Waals surface area contributed by atoms with Crippen molar-refractivity contribution >= 4 is 11.8 Å². The Labute approximate surface area is 157 Å². The first-order valence-electron chi connectivity index (χ1n) is 8.80. The molecule has 9 heteroatoms. The minimum atomic E-state index is -0.315. The number of nitrogens with one attached hydrogen (secondary N) is 2. The summed E-state index contributed by atoms with van der Waals surface area (Å²) in [6.45, 7) is 4.20. The Kier molecular flexibility index (Phi) is 5.49. The lowest BCUT2D eigenvalue weighted by Gasteiger charge is -2.20. The molecule has 3 aromatic rings. The van der Waals surface area contributed by atoms with Crippen LogP contribution in [0, 0.1) is 5.92 Å². The van der Waals surface area contributed by atoms with Gasteiger partial charge in [-0.15, -0.1) is 0 Å². The third kappa shape index (κ3) is 4.49. The SMILES string of the molecule is CC(C)CC(NC(=O)Nc1cc(-c2cccnc2)nn1C)c1ncnn1C. The maximum Gasteiger partial charge on any atom is 0.320 e. The van der Waals surface area contributed by atoms with Crippen molar-refractivity contribution in [3.05, 3.63) is 42.7 Å². The molecular weight excluding hydrogens is 344 g/mol. The van der Waals surface area contributed by atoms with Gasteiger partial charge < -0.3 is 5.32 Å². The van der Waals surface area contributed by atoms with Crippen LogP contribution in [-0.4, -0.2) is 35.6 Å². The van der Waals surface area contributed by atoms with E-state index < -0.39 is 0 Å². The van der Waals surface area contributed by atoms with Gasteiger partial charge in [0.15, 0.2) is 0 Å². The van der Waals surface area contributed by atoms with Gasteiger partial charge in [0, 0.05) is 38.1 Å². The fraction of sp³-hybridized carbons (Fsp3) is 0.389. The Morgan fingerprint density at radius 3 is 2.70 bits per heavy atom. The van der Waals surface area contributed by atoms with Crippen LogP contribution in [0.4, 0.5) is 10.6 Å². The first-order chi connectivity index (χ1) is 12.9. The predicted molar refractivity (Wildman–Crippen MR) is 102 cm³/mol. The number of aryl methyl sites for hydroxylation is 2. The molecule has 2 amide bonds. The number of nitrogens with zero attached hydrogens (tertiary/aromatic N) is 6. The minimum Gasteiger partial charge on any atom is -0.328 e. The highest BCUT2D eigenvalue weighted by Crippen LogP contribution is 2.21. The Balaban J connectivity index is 1.73. The van der Waals surface area contributed by atoms with Gasteiger partial charge >= 0.3 is 6.03 Å². The summed E-state index contributed by atoms with van der Waals surface area (Å²) in [4.78, 5) is 21.0. The normalized spacial score (nSPS) is 12.2. The monoisotopic (exact) mass is 368 g/mol. The van der Waals surface area contributed by atoms with Gasteiger partial charge in [0.1, 0.15) is 18.0 Å². The van der Waals surface area contributed by atoms with E-state index in [4.69, 9.17) is 0 Å². The summed E-state index contributed by atoms with van der Waals surface area (Å²) in [6, 6.07) is 5.04. The number of carbonyl (C=O) groups excluding carboxylic acids is 1. The Hall–Kier alpha value is -3.23. The lowest BCUT2D eigenvalue weighted by atomic mass is 10.0. The van der Waals surface area contributed by atoms with Crippen molar-refractivity contribution in [2.75, 3.05) is 5.32 Å². The number of carbonyl (C=O) groups is 1. The summed E-state index contributed by atoms with van der Waals surface area (Å²) in [5, 5.41) is 14.4. The van der Waals surface area contributed by atoms with Crippen LogP contribution in [0.2, 0.25) is 0 Å². The van der Waals surface area contributed by atoms with Gasteiger partial charge in [-0.25, -0.2) is 9.78 Å². The predicted octanol–water partition coefficient (Wildman–Crippen LogP) is 2.52. The molecule has 0 spiro atoms. The van der Waals surface area contributed by atoms with Crippen molar-refractivity contribution in [3.8, 4) is 11.3 Å². The largest absolute Gasteiger partial charge is 0.328 e. The second-order valence-electron chi connectivity index (χ2n) is 6.80. The molecule has 3 rings (SSSR count). The fourth-order valence-corrected chi connectivity index (χ4v) is 2.87. The maximum atomic E-state index is 12.6. The van der Waals surface area contributed by atoms with E-state index in [1.54, 1.807) is 28.8 Å². The van der Waals surface area contributed by atoms with Crippen LogP contribution in [0.1, 0.15) is 32.1 Å². The van der Waals surface area contributed by atoms with Crippen LogP contribution in [0.5, 0.6) is 0 Å². The highest BCUT2D eigenvalue weighted by Gasteiger charge is 2.21. The lowest BCUT2D eigenvalue weighted by Crippen LogP contribution is -2.35. The smallest absolute Gasteiger partial charge is 0.320 e. The summed E-state index contributed by atoms with van der Waals surface area (Å²) in [5.41, 5.74) is 1.63. The standard InChI is InChI=1S/C18H24N8O/c1-12(2)8-15(17-20-11-21-26(17)4)22-18(27)23-16-9-14(24-25(16)3)13-6-5-7-19-10-13/h5-7,9-12,15H,8H2,1-4H3,(H2,22,23,27). The van der Waals surface area contributed by atoms with Gasteiger partial charge in [0.2, 0.25) is 0 Å². The molecular formula is C18H24N8O. The van der Waals surface area contributed by atoms with E-state index >= 15 is 0 Å². The van der Waals surface area contributed by atoms with Gasteiger partial charge in [0.05, 0.1) is 11.7 Å². The molecule has 0 bridgehead atoms. The molecule has 0 saturated heterocycles. The number of hydrogen-bond acceptors (Lipinski definition) is 5. The summed E-state index contributed by atoms with van der Waals surface area (Å²) >= 11 is 0. The maximum absolute atomic E-state index is 12.6. The van der Waals surface area contributed by atoms with Crippen LogP contribution < -0.4 is 10.6 Å².